The first kappa shape index (κ1) is 17.4. The van der Waals surface area contributed by atoms with Gasteiger partial charge in [-0.25, -0.2) is 4.98 Å². The Bertz CT molecular complexity index is 712. The van der Waals surface area contributed by atoms with Gasteiger partial charge in [0.1, 0.15) is 5.56 Å². The molecule has 2 heterocycles. The Hall–Kier alpha value is -2.44. The summed E-state index contributed by atoms with van der Waals surface area (Å²) in [5, 5.41) is 2.89. The molecule has 1 N–H and O–H groups in total. The van der Waals surface area contributed by atoms with Crippen LogP contribution in [0.1, 0.15) is 28.9 Å². The number of morpholine rings is 1. The molecule has 6 nitrogen and oxygen atoms in total. The SMILES string of the molecule is COc1ncccc1C(=O)Nc1ccc(C(C)N2CCOCC2)cc1. The minimum Gasteiger partial charge on any atom is -0.480 e. The van der Waals surface area contributed by atoms with Crippen LogP contribution in [0.25, 0.3) is 0 Å². The number of anilines is 1. The topological polar surface area (TPSA) is 63.7 Å². The lowest BCUT2D eigenvalue weighted by atomic mass is 10.1. The van der Waals surface area contributed by atoms with E-state index in [0.717, 1.165) is 32.0 Å². The Morgan fingerprint density at radius 3 is 2.64 bits per heavy atom. The van der Waals surface area contributed by atoms with Gasteiger partial charge in [-0.1, -0.05) is 12.1 Å². The lowest BCUT2D eigenvalue weighted by Crippen LogP contribution is -2.37. The van der Waals surface area contributed by atoms with E-state index in [-0.39, 0.29) is 5.91 Å². The number of nitrogens with one attached hydrogen (secondary N) is 1. The maximum absolute atomic E-state index is 12.4. The molecule has 1 fully saturated rings. The quantitative estimate of drug-likeness (QED) is 0.906. The molecule has 132 valence electrons. The third-order valence-electron chi connectivity index (χ3n) is 4.45. The van der Waals surface area contributed by atoms with Crippen LogP contribution in [0.2, 0.25) is 0 Å². The average molecular weight is 341 g/mol. The fourth-order valence-electron chi connectivity index (χ4n) is 2.95. The second kappa shape index (κ2) is 8.09. The summed E-state index contributed by atoms with van der Waals surface area (Å²) in [6, 6.07) is 11.7. The Labute approximate surface area is 147 Å². The highest BCUT2D eigenvalue weighted by Crippen LogP contribution is 2.23. The smallest absolute Gasteiger partial charge is 0.261 e. The number of hydrogen-bond donors (Lipinski definition) is 1. The van der Waals surface area contributed by atoms with Crippen molar-refractivity contribution in [1.29, 1.82) is 0 Å². The number of aromatic nitrogens is 1. The number of amides is 1. The standard InChI is InChI=1S/C19H23N3O3/c1-14(22-10-12-25-13-11-22)15-5-7-16(8-6-15)21-18(23)17-4-3-9-20-19(17)24-2/h3-9,14H,10-13H2,1-2H3,(H,21,23). The first-order chi connectivity index (χ1) is 12.2. The molecule has 25 heavy (non-hydrogen) atoms. The Morgan fingerprint density at radius 2 is 1.96 bits per heavy atom. The van der Waals surface area contributed by atoms with E-state index in [1.165, 1.54) is 12.7 Å². The van der Waals surface area contributed by atoms with Crippen molar-refractivity contribution in [3.8, 4) is 5.88 Å². The van der Waals surface area contributed by atoms with Gasteiger partial charge in [-0.3, -0.25) is 9.69 Å². The van der Waals surface area contributed by atoms with Gasteiger partial charge in [0.25, 0.3) is 5.91 Å². The van der Waals surface area contributed by atoms with Gasteiger partial charge in [0.05, 0.1) is 20.3 Å². The summed E-state index contributed by atoms with van der Waals surface area (Å²) >= 11 is 0. The number of rotatable bonds is 5. The molecule has 0 aliphatic carbocycles. The highest BCUT2D eigenvalue weighted by atomic mass is 16.5. The lowest BCUT2D eigenvalue weighted by molar-refractivity contribution is 0.0198. The molecule has 1 aliphatic rings. The summed E-state index contributed by atoms with van der Waals surface area (Å²) in [5.74, 6) is 0.0801. The zero-order valence-corrected chi connectivity index (χ0v) is 14.6. The first-order valence-electron chi connectivity index (χ1n) is 8.41. The third-order valence-corrected chi connectivity index (χ3v) is 4.45. The van der Waals surface area contributed by atoms with Crippen LogP contribution in [0, 0.1) is 0 Å². The Kier molecular flexibility index (Phi) is 5.63. The Balaban J connectivity index is 1.67. The van der Waals surface area contributed by atoms with Gasteiger partial charge in [0, 0.05) is 31.0 Å². The molecule has 0 saturated carbocycles. The average Bonchev–Trinajstić information content (AvgIpc) is 2.68. The summed E-state index contributed by atoms with van der Waals surface area (Å²) in [6.07, 6.45) is 1.59. The van der Waals surface area contributed by atoms with Crippen molar-refractivity contribution in [2.45, 2.75) is 13.0 Å². The first-order valence-corrected chi connectivity index (χ1v) is 8.41. The van der Waals surface area contributed by atoms with Crippen LogP contribution in [-0.2, 0) is 4.74 Å². The minimum absolute atomic E-state index is 0.237. The molecule has 1 amide bonds. The second-order valence-corrected chi connectivity index (χ2v) is 5.96. The minimum atomic E-state index is -0.237. The number of nitrogens with zero attached hydrogens (tertiary/aromatic N) is 2. The van der Waals surface area contributed by atoms with Crippen LogP contribution >= 0.6 is 0 Å². The molecule has 1 unspecified atom stereocenters. The van der Waals surface area contributed by atoms with Gasteiger partial charge in [-0.05, 0) is 36.8 Å². The molecule has 3 rings (SSSR count). The zero-order valence-electron chi connectivity index (χ0n) is 14.6. The number of benzene rings is 1. The molecular weight excluding hydrogens is 318 g/mol. The van der Waals surface area contributed by atoms with Crippen molar-refractivity contribution in [3.63, 3.8) is 0 Å². The van der Waals surface area contributed by atoms with E-state index in [1.54, 1.807) is 18.3 Å². The number of hydrogen-bond acceptors (Lipinski definition) is 5. The molecular formula is C19H23N3O3. The van der Waals surface area contributed by atoms with Crippen LogP contribution in [0.4, 0.5) is 5.69 Å². The molecule has 6 heteroatoms. The molecule has 1 atom stereocenters. The van der Waals surface area contributed by atoms with Crippen molar-refractivity contribution in [2.75, 3.05) is 38.7 Å². The molecule has 1 aromatic carbocycles. The van der Waals surface area contributed by atoms with Crippen molar-refractivity contribution in [1.82, 2.24) is 9.88 Å². The van der Waals surface area contributed by atoms with Crippen molar-refractivity contribution in [3.05, 3.63) is 53.7 Å². The van der Waals surface area contributed by atoms with Crippen LogP contribution in [-0.4, -0.2) is 49.2 Å². The molecule has 0 spiro atoms. The van der Waals surface area contributed by atoms with Gasteiger partial charge >= 0.3 is 0 Å². The van der Waals surface area contributed by atoms with E-state index >= 15 is 0 Å². The molecule has 0 bridgehead atoms. The van der Waals surface area contributed by atoms with Crippen molar-refractivity contribution >= 4 is 11.6 Å². The highest BCUT2D eigenvalue weighted by Gasteiger charge is 2.18. The molecule has 1 saturated heterocycles. The van der Waals surface area contributed by atoms with Gasteiger partial charge in [0.2, 0.25) is 5.88 Å². The van der Waals surface area contributed by atoms with Gasteiger partial charge in [-0.2, -0.15) is 0 Å². The Morgan fingerprint density at radius 1 is 1.24 bits per heavy atom. The van der Waals surface area contributed by atoms with Crippen molar-refractivity contribution < 1.29 is 14.3 Å². The summed E-state index contributed by atoms with van der Waals surface area (Å²) in [5.41, 5.74) is 2.38. The molecule has 1 aromatic heterocycles. The predicted molar refractivity (Wildman–Crippen MR) is 96.0 cm³/mol. The van der Waals surface area contributed by atoms with Crippen LogP contribution in [0.15, 0.2) is 42.6 Å². The number of carbonyl (C=O) groups excluding carboxylic acids is 1. The summed E-state index contributed by atoms with van der Waals surface area (Å²) in [4.78, 5) is 18.9. The van der Waals surface area contributed by atoms with Crippen molar-refractivity contribution in [2.24, 2.45) is 0 Å². The summed E-state index contributed by atoms with van der Waals surface area (Å²) in [6.45, 7) is 5.65. The molecule has 2 aromatic rings. The maximum atomic E-state index is 12.4. The number of pyridine rings is 1. The van der Waals surface area contributed by atoms with Gasteiger partial charge in [-0.15, -0.1) is 0 Å². The molecule has 1 aliphatic heterocycles. The summed E-state index contributed by atoms with van der Waals surface area (Å²) < 4.78 is 10.5. The zero-order chi connectivity index (χ0) is 17.6. The lowest BCUT2D eigenvalue weighted by Gasteiger charge is -2.32. The van der Waals surface area contributed by atoms with Crippen LogP contribution in [0.3, 0.4) is 0 Å². The van der Waals surface area contributed by atoms with E-state index in [4.69, 9.17) is 9.47 Å². The molecule has 0 radical (unpaired) electrons. The number of methoxy groups -OCH3 is 1. The number of carbonyl (C=O) groups is 1. The monoisotopic (exact) mass is 341 g/mol. The third kappa shape index (κ3) is 4.15. The predicted octanol–water partition coefficient (Wildman–Crippen LogP) is 2.74. The normalized spacial score (nSPS) is 16.2. The maximum Gasteiger partial charge on any atom is 0.261 e. The van der Waals surface area contributed by atoms with E-state index in [1.807, 2.05) is 12.1 Å². The largest absolute Gasteiger partial charge is 0.480 e. The second-order valence-electron chi connectivity index (χ2n) is 5.96. The highest BCUT2D eigenvalue weighted by molar-refractivity contribution is 6.05. The summed E-state index contributed by atoms with van der Waals surface area (Å²) in [7, 11) is 1.50. The van der Waals surface area contributed by atoms with E-state index < -0.39 is 0 Å². The van der Waals surface area contributed by atoms with E-state index in [9.17, 15) is 4.79 Å². The van der Waals surface area contributed by atoms with Crippen LogP contribution < -0.4 is 10.1 Å². The number of ether oxygens (including phenoxy) is 2. The van der Waals surface area contributed by atoms with Gasteiger partial charge in [0.15, 0.2) is 0 Å². The van der Waals surface area contributed by atoms with E-state index in [0.29, 0.717) is 17.5 Å². The van der Waals surface area contributed by atoms with Crippen LogP contribution in [0.5, 0.6) is 5.88 Å². The fraction of sp³-hybridized carbons (Fsp3) is 0.368. The van der Waals surface area contributed by atoms with Gasteiger partial charge < -0.3 is 14.8 Å². The fourth-order valence-corrected chi connectivity index (χ4v) is 2.95. The van der Waals surface area contributed by atoms with E-state index in [2.05, 4.69) is 34.3 Å².